The Morgan fingerprint density at radius 1 is 0.967 bits per heavy atom. The van der Waals surface area contributed by atoms with Crippen molar-refractivity contribution in [3.8, 4) is 5.75 Å². The predicted molar refractivity (Wildman–Crippen MR) is 126 cm³/mol. The molecule has 0 saturated carbocycles. The summed E-state index contributed by atoms with van der Waals surface area (Å²) >= 11 is 2.70. The van der Waals surface area contributed by atoms with E-state index in [2.05, 4.69) is 15.4 Å². The highest BCUT2D eigenvalue weighted by atomic mass is 32.2. The lowest BCUT2D eigenvalue weighted by Gasteiger charge is -2.14. The van der Waals surface area contributed by atoms with Crippen LogP contribution in [0.5, 0.6) is 5.75 Å². The highest BCUT2D eigenvalue weighted by molar-refractivity contribution is 7.99. The van der Waals surface area contributed by atoms with Crippen molar-refractivity contribution in [1.82, 2.24) is 0 Å². The van der Waals surface area contributed by atoms with Gasteiger partial charge in [-0.05, 0) is 50.2 Å². The summed E-state index contributed by atoms with van der Waals surface area (Å²) in [7, 11) is 0. The molecule has 0 aliphatic carbocycles. The zero-order chi connectivity index (χ0) is 21.5. The van der Waals surface area contributed by atoms with Crippen LogP contribution in [0.25, 0.3) is 0 Å². The van der Waals surface area contributed by atoms with Gasteiger partial charge in [0.25, 0.3) is 11.8 Å². The van der Waals surface area contributed by atoms with Gasteiger partial charge in [0.2, 0.25) is 0 Å². The molecule has 8 heteroatoms. The lowest BCUT2D eigenvalue weighted by Crippen LogP contribution is -2.14. The van der Waals surface area contributed by atoms with Crippen molar-refractivity contribution in [3.63, 3.8) is 0 Å². The molecule has 1 aromatic heterocycles. The van der Waals surface area contributed by atoms with Crippen LogP contribution in [-0.2, 0) is 0 Å². The lowest BCUT2D eigenvalue weighted by molar-refractivity contribution is 0.102. The quantitative estimate of drug-likeness (QED) is 0.389. The van der Waals surface area contributed by atoms with E-state index in [1.807, 2.05) is 62.6 Å². The summed E-state index contributed by atoms with van der Waals surface area (Å²) in [5.41, 5.74) is 2.58. The molecule has 2 amide bonds. The Hall–Kier alpha value is -2.97. The van der Waals surface area contributed by atoms with Crippen molar-refractivity contribution in [2.45, 2.75) is 20.0 Å². The molecular weight excluding hydrogens is 418 g/mol. The van der Waals surface area contributed by atoms with Crippen LogP contribution in [0.15, 0.2) is 60.0 Å². The number of amides is 2. The average Bonchev–Trinajstić information content (AvgIpc) is 3.20. The van der Waals surface area contributed by atoms with Crippen molar-refractivity contribution in [1.29, 1.82) is 0 Å². The Balaban J connectivity index is 1.68. The maximum atomic E-state index is 12.7. The van der Waals surface area contributed by atoms with Crippen LogP contribution in [0.1, 0.15) is 33.9 Å². The van der Waals surface area contributed by atoms with Crippen molar-refractivity contribution in [2.24, 2.45) is 0 Å². The van der Waals surface area contributed by atoms with Gasteiger partial charge in [-0.1, -0.05) is 30.1 Å². The molecule has 1 heterocycles. The van der Waals surface area contributed by atoms with Gasteiger partial charge in [-0.15, -0.1) is 11.3 Å². The zero-order valence-corrected chi connectivity index (χ0v) is 18.5. The maximum Gasteiger partial charge on any atom is 0.265 e. The van der Waals surface area contributed by atoms with Crippen LogP contribution in [-0.4, -0.2) is 24.2 Å². The van der Waals surface area contributed by atoms with Gasteiger partial charge in [0.1, 0.15) is 5.75 Å². The molecule has 0 radical (unpaired) electrons. The van der Waals surface area contributed by atoms with Crippen molar-refractivity contribution in [2.75, 3.05) is 21.6 Å². The molecule has 3 aromatic rings. The van der Waals surface area contributed by atoms with Crippen LogP contribution in [0.4, 0.5) is 17.1 Å². The molecule has 30 heavy (non-hydrogen) atoms. The minimum absolute atomic E-state index is 0.0101. The summed E-state index contributed by atoms with van der Waals surface area (Å²) in [6.45, 7) is 3.85. The molecule has 0 saturated heterocycles. The molecule has 2 aromatic carbocycles. The molecule has 0 bridgehead atoms. The normalized spacial score (nSPS) is 10.5. The highest BCUT2D eigenvalue weighted by Gasteiger charge is 2.16. The highest BCUT2D eigenvalue weighted by Crippen LogP contribution is 2.26. The second-order valence-electron chi connectivity index (χ2n) is 6.66. The first-order chi connectivity index (χ1) is 14.5. The van der Waals surface area contributed by atoms with E-state index in [1.54, 1.807) is 17.5 Å². The topological polar surface area (TPSA) is 79.5 Å². The van der Waals surface area contributed by atoms with Gasteiger partial charge in [0, 0.05) is 23.0 Å². The third-order valence-corrected chi connectivity index (χ3v) is 5.29. The first-order valence-corrected chi connectivity index (χ1v) is 11.4. The Labute approximate surface area is 184 Å². The number of para-hydroxylation sites is 2. The van der Waals surface area contributed by atoms with E-state index >= 15 is 0 Å². The second-order valence-corrected chi connectivity index (χ2v) is 8.18. The van der Waals surface area contributed by atoms with Gasteiger partial charge in [0.05, 0.1) is 22.2 Å². The van der Waals surface area contributed by atoms with E-state index in [0.29, 0.717) is 27.6 Å². The Morgan fingerprint density at radius 2 is 1.73 bits per heavy atom. The minimum Gasteiger partial charge on any atom is -0.489 e. The molecule has 3 rings (SSSR count). The smallest absolute Gasteiger partial charge is 0.265 e. The second kappa shape index (κ2) is 10.2. The summed E-state index contributed by atoms with van der Waals surface area (Å²) < 4.78 is 8.86. The Bertz CT molecular complexity index is 1030. The van der Waals surface area contributed by atoms with Gasteiger partial charge in [-0.3, -0.25) is 9.59 Å². The van der Waals surface area contributed by atoms with E-state index in [1.165, 1.54) is 23.3 Å². The zero-order valence-electron chi connectivity index (χ0n) is 16.9. The van der Waals surface area contributed by atoms with E-state index in [-0.39, 0.29) is 17.9 Å². The number of hydrogen-bond acceptors (Lipinski definition) is 6. The summed E-state index contributed by atoms with van der Waals surface area (Å²) in [5, 5.41) is 7.38. The molecule has 6 nitrogen and oxygen atoms in total. The third-order valence-electron chi connectivity index (χ3n) is 3.92. The Kier molecular flexibility index (Phi) is 7.37. The van der Waals surface area contributed by atoms with Gasteiger partial charge in [0.15, 0.2) is 0 Å². The Morgan fingerprint density at radius 3 is 2.50 bits per heavy atom. The third kappa shape index (κ3) is 5.77. The van der Waals surface area contributed by atoms with Crippen molar-refractivity contribution >= 4 is 52.2 Å². The average molecular weight is 442 g/mol. The van der Waals surface area contributed by atoms with Gasteiger partial charge < -0.3 is 20.1 Å². The number of ether oxygens (including phenoxy) is 1. The first-order valence-electron chi connectivity index (χ1n) is 9.32. The summed E-state index contributed by atoms with van der Waals surface area (Å²) in [5.74, 6) is 0.0490. The fraction of sp³-hybridized carbons (Fsp3) is 0.182. The van der Waals surface area contributed by atoms with E-state index < -0.39 is 0 Å². The van der Waals surface area contributed by atoms with Crippen molar-refractivity contribution < 1.29 is 14.3 Å². The molecular formula is C22H23N3O3S2. The van der Waals surface area contributed by atoms with Crippen LogP contribution in [0, 0.1) is 0 Å². The molecule has 0 aliphatic rings. The molecule has 0 atom stereocenters. The molecule has 0 aliphatic heterocycles. The van der Waals surface area contributed by atoms with Crippen molar-refractivity contribution in [3.05, 3.63) is 70.4 Å². The number of carbonyl (C=O) groups excluding carboxylic acids is 2. The molecule has 0 spiro atoms. The lowest BCUT2D eigenvalue weighted by atomic mass is 10.2. The summed E-state index contributed by atoms with van der Waals surface area (Å²) in [6, 6.07) is 16.3. The maximum absolute atomic E-state index is 12.7. The van der Waals surface area contributed by atoms with Crippen LogP contribution in [0.3, 0.4) is 0 Å². The number of benzene rings is 2. The molecule has 0 unspecified atom stereocenters. The minimum atomic E-state index is -0.295. The van der Waals surface area contributed by atoms with E-state index in [4.69, 9.17) is 4.74 Å². The van der Waals surface area contributed by atoms with E-state index in [9.17, 15) is 9.59 Å². The SMILES string of the molecule is CSNc1cccc(NC(=O)c2cc(C(=O)Nc3ccccc3OC(C)C)cs2)c1. The number of nitrogens with one attached hydrogen (secondary N) is 3. The standard InChI is InChI=1S/C22H23N3O3S2/c1-14(2)28-19-10-5-4-9-18(19)24-21(26)15-11-20(30-13-15)22(27)23-16-7-6-8-17(12-16)25-29-3/h4-14,25H,1-3H3,(H,23,27)(H,24,26). The number of hydrogen-bond donors (Lipinski definition) is 3. The number of thiophene rings is 1. The number of carbonyl (C=O) groups is 2. The monoisotopic (exact) mass is 441 g/mol. The predicted octanol–water partition coefficient (Wildman–Crippen LogP) is 5.73. The summed E-state index contributed by atoms with van der Waals surface area (Å²) in [6.07, 6.45) is 1.92. The van der Waals surface area contributed by atoms with E-state index in [0.717, 1.165) is 5.69 Å². The number of rotatable bonds is 8. The fourth-order valence-electron chi connectivity index (χ4n) is 2.67. The van der Waals surface area contributed by atoms with Gasteiger partial charge in [-0.2, -0.15) is 0 Å². The number of anilines is 3. The van der Waals surface area contributed by atoms with Crippen LogP contribution >= 0.6 is 23.3 Å². The van der Waals surface area contributed by atoms with Crippen LogP contribution in [0.2, 0.25) is 0 Å². The van der Waals surface area contributed by atoms with Crippen LogP contribution < -0.4 is 20.1 Å². The fourth-order valence-corrected chi connectivity index (χ4v) is 3.81. The van der Waals surface area contributed by atoms with Gasteiger partial charge in [-0.25, -0.2) is 0 Å². The van der Waals surface area contributed by atoms with Gasteiger partial charge >= 0.3 is 0 Å². The first kappa shape index (κ1) is 21.7. The largest absolute Gasteiger partial charge is 0.489 e. The summed E-state index contributed by atoms with van der Waals surface area (Å²) in [4.78, 5) is 25.7. The molecule has 0 fully saturated rings. The molecule has 3 N–H and O–H groups in total. The molecule has 156 valence electrons.